The summed E-state index contributed by atoms with van der Waals surface area (Å²) >= 11 is 3.23. The van der Waals surface area contributed by atoms with E-state index in [0.717, 1.165) is 12.8 Å². The van der Waals surface area contributed by atoms with Crippen LogP contribution in [0.2, 0.25) is 0 Å². The third-order valence-corrected chi connectivity index (χ3v) is 6.64. The Morgan fingerprint density at radius 2 is 2.19 bits per heavy atom. The van der Waals surface area contributed by atoms with Gasteiger partial charge in [-0.05, 0) is 40.8 Å². The predicted molar refractivity (Wildman–Crippen MR) is 80.7 cm³/mol. The molecule has 0 radical (unpaired) electrons. The summed E-state index contributed by atoms with van der Waals surface area (Å²) in [7, 11) is -3.68. The van der Waals surface area contributed by atoms with E-state index in [1.165, 1.54) is 16.6 Å². The van der Waals surface area contributed by atoms with Crippen molar-refractivity contribution in [1.82, 2.24) is 9.29 Å². The molecule has 4 N–H and O–H groups in total. The molecular weight excluding hydrogens is 360 g/mol. The largest absolute Gasteiger partial charge is 0.393 e. The smallest absolute Gasteiger partial charge is 0.246 e. The van der Waals surface area contributed by atoms with Gasteiger partial charge in [0.05, 0.1) is 6.10 Å². The minimum atomic E-state index is -3.68. The van der Waals surface area contributed by atoms with Gasteiger partial charge in [-0.15, -0.1) is 0 Å². The number of aliphatic hydroxyl groups is 1. The van der Waals surface area contributed by atoms with Gasteiger partial charge in [-0.25, -0.2) is 19.2 Å². The summed E-state index contributed by atoms with van der Waals surface area (Å²) in [6, 6.07) is 1.49. The van der Waals surface area contributed by atoms with Crippen molar-refractivity contribution >= 4 is 31.8 Å². The van der Waals surface area contributed by atoms with Crippen molar-refractivity contribution in [2.45, 2.75) is 23.8 Å². The van der Waals surface area contributed by atoms with Crippen molar-refractivity contribution in [2.24, 2.45) is 17.7 Å². The number of halogens is 1. The Bertz CT molecular complexity index is 654. The zero-order valence-corrected chi connectivity index (χ0v) is 13.6. The lowest BCUT2D eigenvalue weighted by Gasteiger charge is -2.19. The molecule has 3 rings (SSSR count). The number of fused-ring (bicyclic) bond motifs is 1. The van der Waals surface area contributed by atoms with Gasteiger partial charge >= 0.3 is 0 Å². The monoisotopic (exact) mass is 376 g/mol. The van der Waals surface area contributed by atoms with Gasteiger partial charge in [-0.3, -0.25) is 0 Å². The number of hydrogen-bond donors (Lipinski definition) is 3. The lowest BCUT2D eigenvalue weighted by Crippen LogP contribution is -2.32. The van der Waals surface area contributed by atoms with Crippen LogP contribution in [0.15, 0.2) is 21.6 Å². The number of aliphatic hydroxyl groups excluding tert-OH is 1. The summed E-state index contributed by atoms with van der Waals surface area (Å²) in [5.74, 6) is 5.76. The number of nitrogens with one attached hydrogen (secondary N) is 1. The third-order valence-electron chi connectivity index (χ3n) is 4.36. The fraction of sp³-hybridized carbons (Fsp3) is 0.583. The zero-order chi connectivity index (χ0) is 15.2. The van der Waals surface area contributed by atoms with Crippen molar-refractivity contribution in [1.29, 1.82) is 0 Å². The maximum absolute atomic E-state index is 12.8. The van der Waals surface area contributed by atoms with Crippen molar-refractivity contribution in [3.05, 3.63) is 16.7 Å². The molecule has 0 spiro atoms. The SMILES string of the molecule is NNc1ncc(Br)cc1S(=O)(=O)N1CC2CCC(O)C2C1. The molecule has 21 heavy (non-hydrogen) atoms. The Morgan fingerprint density at radius 1 is 1.43 bits per heavy atom. The van der Waals surface area contributed by atoms with E-state index in [1.54, 1.807) is 0 Å². The number of nitrogen functional groups attached to an aromatic ring is 1. The second-order valence-corrected chi connectivity index (χ2v) is 8.36. The highest BCUT2D eigenvalue weighted by Gasteiger charge is 2.46. The second-order valence-electron chi connectivity index (χ2n) is 5.54. The van der Waals surface area contributed by atoms with E-state index in [2.05, 4.69) is 26.3 Å². The summed E-state index contributed by atoms with van der Waals surface area (Å²) in [4.78, 5) is 4.03. The minimum Gasteiger partial charge on any atom is -0.393 e. The van der Waals surface area contributed by atoms with Gasteiger partial charge in [0.2, 0.25) is 10.0 Å². The Balaban J connectivity index is 1.93. The quantitative estimate of drug-likeness (QED) is 0.524. The molecule has 0 amide bonds. The van der Waals surface area contributed by atoms with Gasteiger partial charge in [0.1, 0.15) is 4.90 Å². The highest BCUT2D eigenvalue weighted by Crippen LogP contribution is 2.40. The number of nitrogens with zero attached hydrogens (tertiary/aromatic N) is 2. The fourth-order valence-corrected chi connectivity index (χ4v) is 5.41. The molecule has 3 atom stereocenters. The molecule has 1 saturated heterocycles. The van der Waals surface area contributed by atoms with Gasteiger partial charge in [-0.1, -0.05) is 0 Å². The summed E-state index contributed by atoms with van der Waals surface area (Å²) < 4.78 is 27.6. The maximum Gasteiger partial charge on any atom is 0.246 e. The van der Waals surface area contributed by atoms with Crippen LogP contribution < -0.4 is 11.3 Å². The lowest BCUT2D eigenvalue weighted by atomic mass is 10.00. The minimum absolute atomic E-state index is 0.0363. The third kappa shape index (κ3) is 2.57. The first-order valence-electron chi connectivity index (χ1n) is 6.74. The average molecular weight is 377 g/mol. The number of rotatable bonds is 3. The maximum atomic E-state index is 12.8. The lowest BCUT2D eigenvalue weighted by molar-refractivity contribution is 0.129. The molecule has 0 bridgehead atoms. The van der Waals surface area contributed by atoms with E-state index < -0.39 is 16.1 Å². The second kappa shape index (κ2) is 5.47. The number of hydrogen-bond acceptors (Lipinski definition) is 6. The summed E-state index contributed by atoms with van der Waals surface area (Å²) in [5, 5.41) is 9.92. The first-order chi connectivity index (χ1) is 9.93. The van der Waals surface area contributed by atoms with Gasteiger partial charge in [0.25, 0.3) is 0 Å². The molecule has 2 aliphatic rings. The normalized spacial score (nSPS) is 29.6. The fourth-order valence-electron chi connectivity index (χ4n) is 3.26. The number of nitrogens with two attached hydrogens (primary N) is 1. The van der Waals surface area contributed by atoms with E-state index >= 15 is 0 Å². The highest BCUT2D eigenvalue weighted by molar-refractivity contribution is 9.10. The molecule has 2 fully saturated rings. The molecule has 9 heteroatoms. The number of aromatic nitrogens is 1. The van der Waals surface area contributed by atoms with Crippen molar-refractivity contribution in [3.63, 3.8) is 0 Å². The molecule has 1 saturated carbocycles. The Labute approximate surface area is 131 Å². The Hall–Kier alpha value is -0.740. The van der Waals surface area contributed by atoms with Gasteiger partial charge in [-0.2, -0.15) is 4.31 Å². The van der Waals surface area contributed by atoms with Crippen LogP contribution in [-0.2, 0) is 10.0 Å². The average Bonchev–Trinajstić information content (AvgIpc) is 3.02. The molecule has 3 unspecified atom stereocenters. The number of sulfonamides is 1. The van der Waals surface area contributed by atoms with Crippen LogP contribution >= 0.6 is 15.9 Å². The van der Waals surface area contributed by atoms with Crippen molar-refractivity contribution in [2.75, 3.05) is 18.5 Å². The molecule has 1 aliphatic carbocycles. The number of anilines is 1. The molecule has 1 aromatic rings. The molecule has 1 aromatic heterocycles. The highest BCUT2D eigenvalue weighted by atomic mass is 79.9. The number of pyridine rings is 1. The van der Waals surface area contributed by atoms with Crippen molar-refractivity contribution in [3.8, 4) is 0 Å². The van der Waals surface area contributed by atoms with E-state index in [9.17, 15) is 13.5 Å². The van der Waals surface area contributed by atoms with Gasteiger partial charge in [0, 0.05) is 29.7 Å². The summed E-state index contributed by atoms with van der Waals surface area (Å²) in [6.45, 7) is 0.797. The summed E-state index contributed by atoms with van der Waals surface area (Å²) in [5.41, 5.74) is 2.32. The predicted octanol–water partition coefficient (Wildman–Crippen LogP) is 0.521. The first-order valence-corrected chi connectivity index (χ1v) is 8.97. The van der Waals surface area contributed by atoms with Crippen LogP contribution in [0.5, 0.6) is 0 Å². The van der Waals surface area contributed by atoms with Gasteiger partial charge < -0.3 is 10.5 Å². The van der Waals surface area contributed by atoms with Crippen LogP contribution in [0.1, 0.15) is 12.8 Å². The number of hydrazine groups is 1. The van der Waals surface area contributed by atoms with Crippen LogP contribution in [0, 0.1) is 11.8 Å². The summed E-state index contributed by atoms with van der Waals surface area (Å²) in [6.07, 6.45) is 2.72. The molecule has 0 aromatic carbocycles. The zero-order valence-electron chi connectivity index (χ0n) is 11.2. The molecule has 1 aliphatic heterocycles. The van der Waals surface area contributed by atoms with Crippen LogP contribution in [0.4, 0.5) is 5.82 Å². The molecule has 116 valence electrons. The Morgan fingerprint density at radius 3 is 2.86 bits per heavy atom. The Kier molecular flexibility index (Phi) is 3.95. The van der Waals surface area contributed by atoms with E-state index in [0.29, 0.717) is 17.6 Å². The van der Waals surface area contributed by atoms with Crippen LogP contribution in [0.3, 0.4) is 0 Å². The standard InChI is InChI=1S/C12H17BrN4O3S/c13-8-3-11(12(16-14)15-4-8)21(19,20)17-5-7-1-2-10(18)9(7)6-17/h3-4,7,9-10,18H,1-2,5-6,14H2,(H,15,16). The van der Waals surface area contributed by atoms with Crippen LogP contribution in [-0.4, -0.2) is 42.0 Å². The van der Waals surface area contributed by atoms with E-state index in [4.69, 9.17) is 5.84 Å². The molecule has 2 heterocycles. The first kappa shape index (κ1) is 15.2. The van der Waals surface area contributed by atoms with E-state index in [1.807, 2.05) is 0 Å². The van der Waals surface area contributed by atoms with Gasteiger partial charge in [0.15, 0.2) is 5.82 Å². The molecular formula is C12H17BrN4O3S. The van der Waals surface area contributed by atoms with Crippen molar-refractivity contribution < 1.29 is 13.5 Å². The molecule has 7 nitrogen and oxygen atoms in total. The van der Waals surface area contributed by atoms with E-state index in [-0.39, 0.29) is 22.5 Å². The van der Waals surface area contributed by atoms with Crippen LogP contribution in [0.25, 0.3) is 0 Å². The topological polar surface area (TPSA) is 109 Å².